The number of nitrogens with one attached hydrogen (secondary N) is 1. The molecule has 1 aliphatic rings. The van der Waals surface area contributed by atoms with Gasteiger partial charge in [-0.15, -0.1) is 0 Å². The summed E-state index contributed by atoms with van der Waals surface area (Å²) in [6.07, 6.45) is -0.657. The number of ether oxygens (including phenoxy) is 1. The van der Waals surface area contributed by atoms with Crippen LogP contribution in [-0.2, 0) is 13.8 Å². The van der Waals surface area contributed by atoms with Gasteiger partial charge in [0, 0.05) is 17.6 Å². The molecule has 1 saturated heterocycles. The third-order valence-corrected chi connectivity index (χ3v) is 8.57. The van der Waals surface area contributed by atoms with Gasteiger partial charge >= 0.3 is 0 Å². The van der Waals surface area contributed by atoms with E-state index in [9.17, 15) is 4.79 Å². The Morgan fingerprint density at radius 3 is 2.60 bits per heavy atom. The number of fused-ring (bicyclic) bond motifs is 1. The number of rotatable bonds is 12. The first-order valence-electron chi connectivity index (χ1n) is 13.3. The van der Waals surface area contributed by atoms with Crippen molar-refractivity contribution in [3.8, 4) is 6.07 Å². The quantitative estimate of drug-likeness (QED) is 0.225. The summed E-state index contributed by atoms with van der Waals surface area (Å²) in [5.41, 5.74) is 1.10. The topological polar surface area (TPSA) is 127 Å². The molecule has 1 N–H and O–H groups in total. The number of nitrogens with zero attached hydrogens (tertiary/aromatic N) is 6. The fourth-order valence-electron chi connectivity index (χ4n) is 4.67. The second-order valence-electron chi connectivity index (χ2n) is 9.90. The molecule has 1 fully saturated rings. The number of amides is 1. The third-order valence-electron chi connectivity index (χ3n) is 6.44. The minimum Gasteiger partial charge on any atom is -0.349 e. The lowest BCUT2D eigenvalue weighted by Crippen LogP contribution is -2.37. The van der Waals surface area contributed by atoms with E-state index in [0.717, 1.165) is 0 Å². The van der Waals surface area contributed by atoms with Crippen LogP contribution in [0.3, 0.4) is 0 Å². The maximum atomic E-state index is 16.2. The number of carbonyl (C=O) groups excluding carboxylic acids is 1. The Balaban J connectivity index is 1.59. The van der Waals surface area contributed by atoms with Crippen LogP contribution < -0.4 is 5.32 Å². The first kappa shape index (κ1) is 29.9. The standard InChI is InChI=1S/C27H35FN7O4P/c1-6-20-23(39-40(37-14-10-13-29)35(17(2)3)18(4)5)21(28)27(38-20)34-16-32-22-24(30-15-31-25(22)34)33-26(36)19-11-8-7-9-12-19/h7-9,11-12,15-18,20-21,23,27H,6,10,14H2,1-5H3,(H,30,31,33,36)/t20-,21-,23-,27-,40?/m1/s1. The Morgan fingerprint density at radius 2 is 1.95 bits per heavy atom. The minimum absolute atomic E-state index is 0.0725. The first-order chi connectivity index (χ1) is 19.3. The molecule has 214 valence electrons. The fraction of sp³-hybridized carbons (Fsp3) is 0.519. The summed E-state index contributed by atoms with van der Waals surface area (Å²) in [7, 11) is -1.67. The number of hydrogen-bond donors (Lipinski definition) is 1. The molecule has 1 aliphatic heterocycles. The smallest absolute Gasteiger partial charge is 0.259 e. The van der Waals surface area contributed by atoms with Crippen LogP contribution in [-0.4, -0.2) is 67.2 Å². The molecule has 1 unspecified atom stereocenters. The zero-order valence-corrected chi connectivity index (χ0v) is 24.2. The molecule has 2 aromatic heterocycles. The Kier molecular flexibility index (Phi) is 10.1. The Bertz CT molecular complexity index is 1310. The summed E-state index contributed by atoms with van der Waals surface area (Å²) in [5, 5.41) is 11.8. The highest BCUT2D eigenvalue weighted by Crippen LogP contribution is 2.51. The predicted molar refractivity (Wildman–Crippen MR) is 149 cm³/mol. The molecule has 0 saturated carbocycles. The largest absolute Gasteiger partial charge is 0.349 e. The summed E-state index contributed by atoms with van der Waals surface area (Å²) >= 11 is 0. The molecule has 4 rings (SSSR count). The van der Waals surface area contributed by atoms with Crippen LogP contribution in [0.15, 0.2) is 43.0 Å². The van der Waals surface area contributed by atoms with E-state index in [1.54, 1.807) is 24.3 Å². The molecule has 13 heteroatoms. The molecule has 11 nitrogen and oxygen atoms in total. The van der Waals surface area contributed by atoms with Gasteiger partial charge in [-0.3, -0.25) is 9.36 Å². The van der Waals surface area contributed by atoms with Gasteiger partial charge in [0.1, 0.15) is 12.4 Å². The second kappa shape index (κ2) is 13.5. The zero-order chi connectivity index (χ0) is 28.8. The number of anilines is 1. The van der Waals surface area contributed by atoms with E-state index < -0.39 is 33.1 Å². The van der Waals surface area contributed by atoms with E-state index >= 15 is 4.39 Å². The van der Waals surface area contributed by atoms with Crippen LogP contribution in [0.5, 0.6) is 0 Å². The average molecular weight is 572 g/mol. The normalized spacial score (nSPS) is 21.8. The summed E-state index contributed by atoms with van der Waals surface area (Å²) in [4.78, 5) is 25.6. The SMILES string of the molecule is CC[C@H]1O[C@@H](n2cnc3c(NC(=O)c4ccccc4)ncnc32)[C@H](F)[C@@H]1OP(OCCC#N)N(C(C)C)C(C)C. The molecular formula is C27H35FN7O4P. The Labute approximate surface area is 234 Å². The molecule has 3 heterocycles. The van der Waals surface area contributed by atoms with Crippen LogP contribution in [0.25, 0.3) is 11.2 Å². The highest BCUT2D eigenvalue weighted by Gasteiger charge is 2.49. The predicted octanol–water partition coefficient (Wildman–Crippen LogP) is 5.39. The lowest BCUT2D eigenvalue weighted by molar-refractivity contribution is -0.0230. The Morgan fingerprint density at radius 1 is 1.23 bits per heavy atom. The van der Waals surface area contributed by atoms with Crippen molar-refractivity contribution in [1.82, 2.24) is 24.2 Å². The Hall–Kier alpha value is -3.07. The van der Waals surface area contributed by atoms with Gasteiger partial charge in [0.25, 0.3) is 14.4 Å². The summed E-state index contributed by atoms with van der Waals surface area (Å²) in [6, 6.07) is 11.0. The monoisotopic (exact) mass is 571 g/mol. The van der Waals surface area contributed by atoms with Crippen molar-refractivity contribution in [2.45, 2.75) is 84.2 Å². The third kappa shape index (κ3) is 6.45. The molecule has 3 aromatic rings. The van der Waals surface area contributed by atoms with Crippen molar-refractivity contribution < 1.29 is 23.0 Å². The van der Waals surface area contributed by atoms with Crippen LogP contribution in [0, 0.1) is 11.3 Å². The summed E-state index contributed by atoms with van der Waals surface area (Å²) < 4.78 is 38.3. The van der Waals surface area contributed by atoms with Crippen molar-refractivity contribution in [3.63, 3.8) is 0 Å². The van der Waals surface area contributed by atoms with Gasteiger partial charge in [-0.1, -0.05) is 25.1 Å². The van der Waals surface area contributed by atoms with Gasteiger partial charge in [0.05, 0.1) is 31.5 Å². The van der Waals surface area contributed by atoms with Gasteiger partial charge in [0.2, 0.25) is 0 Å². The van der Waals surface area contributed by atoms with Gasteiger partial charge in [-0.2, -0.15) is 5.26 Å². The second-order valence-corrected chi connectivity index (χ2v) is 11.3. The minimum atomic E-state index is -1.67. The van der Waals surface area contributed by atoms with E-state index in [-0.39, 0.29) is 36.8 Å². The van der Waals surface area contributed by atoms with Crippen molar-refractivity contribution in [2.75, 3.05) is 11.9 Å². The number of benzene rings is 1. The van der Waals surface area contributed by atoms with E-state index in [0.29, 0.717) is 23.1 Å². The van der Waals surface area contributed by atoms with Crippen molar-refractivity contribution in [2.24, 2.45) is 0 Å². The number of aromatic nitrogens is 4. The molecule has 1 amide bonds. The molecular weight excluding hydrogens is 536 g/mol. The lowest BCUT2D eigenvalue weighted by atomic mass is 10.1. The lowest BCUT2D eigenvalue weighted by Gasteiger charge is -2.37. The van der Waals surface area contributed by atoms with E-state index in [4.69, 9.17) is 19.0 Å². The molecule has 0 bridgehead atoms. The van der Waals surface area contributed by atoms with E-state index in [2.05, 4.69) is 31.0 Å². The van der Waals surface area contributed by atoms with Gasteiger partial charge in [0.15, 0.2) is 29.4 Å². The highest BCUT2D eigenvalue weighted by molar-refractivity contribution is 7.44. The van der Waals surface area contributed by atoms with Gasteiger partial charge < -0.3 is 19.1 Å². The number of carbonyl (C=O) groups is 1. The number of halogens is 1. The zero-order valence-electron chi connectivity index (χ0n) is 23.3. The van der Waals surface area contributed by atoms with Crippen LogP contribution >= 0.6 is 8.53 Å². The number of alkyl halides is 1. The van der Waals surface area contributed by atoms with Crippen LogP contribution in [0.1, 0.15) is 64.0 Å². The van der Waals surface area contributed by atoms with E-state index in [1.165, 1.54) is 17.2 Å². The number of imidazole rings is 1. The molecule has 0 aliphatic carbocycles. The van der Waals surface area contributed by atoms with Crippen LogP contribution in [0.2, 0.25) is 0 Å². The van der Waals surface area contributed by atoms with Crippen molar-refractivity contribution >= 4 is 31.4 Å². The number of nitriles is 1. The number of hydrogen-bond acceptors (Lipinski definition) is 9. The van der Waals surface area contributed by atoms with Crippen molar-refractivity contribution in [1.29, 1.82) is 5.26 Å². The van der Waals surface area contributed by atoms with Gasteiger partial charge in [-0.05, 0) is 46.2 Å². The molecule has 5 atom stereocenters. The van der Waals surface area contributed by atoms with Crippen LogP contribution in [0.4, 0.5) is 10.2 Å². The maximum Gasteiger partial charge on any atom is 0.259 e. The van der Waals surface area contributed by atoms with Gasteiger partial charge in [-0.25, -0.2) is 24.0 Å². The maximum absolute atomic E-state index is 16.2. The van der Waals surface area contributed by atoms with E-state index in [1.807, 2.05) is 40.7 Å². The molecule has 0 spiro atoms. The van der Waals surface area contributed by atoms with Crippen molar-refractivity contribution in [3.05, 3.63) is 48.5 Å². The fourth-order valence-corrected chi connectivity index (χ4v) is 6.43. The first-order valence-corrected chi connectivity index (χ1v) is 14.5. The molecule has 0 radical (unpaired) electrons. The summed E-state index contributed by atoms with van der Waals surface area (Å²) in [6.45, 7) is 10.2. The summed E-state index contributed by atoms with van der Waals surface area (Å²) in [5.74, 6) is -0.135. The average Bonchev–Trinajstić information content (AvgIpc) is 3.50. The highest BCUT2D eigenvalue weighted by atomic mass is 31.2. The molecule has 40 heavy (non-hydrogen) atoms. The molecule has 1 aromatic carbocycles.